The highest BCUT2D eigenvalue weighted by Gasteiger charge is 2.07. The average molecular weight is 521 g/mol. The molecule has 0 aliphatic heterocycles. The van der Waals surface area contributed by atoms with Gasteiger partial charge in [-0.05, 0) is 35.4 Å². The minimum Gasteiger partial charge on any atom is -0.493 e. The maximum Gasteiger partial charge on any atom is 0.272 e. The number of hydrogen-bond donors (Lipinski definition) is 2. The Labute approximate surface area is 186 Å². The van der Waals surface area contributed by atoms with Crippen LogP contribution in [0, 0.1) is 0 Å². The standard InChI is InChI=1S/C20H25F2N3O3.HI/c1-23-20(25-12-15-7-8-17(26-2)18(10-15)27-3)24-11-14-5-4-6-16(9-14)28-13-19(21)22;/h4-10,19H,11-13H2,1-3H3,(H2,23,24,25);1H. The van der Waals surface area contributed by atoms with Crippen molar-refractivity contribution in [3.8, 4) is 17.2 Å². The molecule has 0 aromatic heterocycles. The first-order valence-corrected chi connectivity index (χ1v) is 8.71. The van der Waals surface area contributed by atoms with Crippen LogP contribution in [0.1, 0.15) is 11.1 Å². The third kappa shape index (κ3) is 8.30. The van der Waals surface area contributed by atoms with Crippen molar-refractivity contribution in [3.63, 3.8) is 0 Å². The molecule has 6 nitrogen and oxygen atoms in total. The Hall–Kier alpha value is -2.30. The number of ether oxygens (including phenoxy) is 3. The van der Waals surface area contributed by atoms with Crippen molar-refractivity contribution in [1.82, 2.24) is 10.6 Å². The summed E-state index contributed by atoms with van der Waals surface area (Å²) in [6.45, 7) is 0.389. The lowest BCUT2D eigenvalue weighted by Gasteiger charge is -2.14. The molecule has 0 atom stereocenters. The number of guanidine groups is 1. The second-order valence-corrected chi connectivity index (χ2v) is 5.82. The average Bonchev–Trinajstić information content (AvgIpc) is 2.72. The SMILES string of the molecule is CN=C(NCc1cccc(OCC(F)F)c1)NCc1ccc(OC)c(OC)c1.I. The second kappa shape index (κ2) is 13.0. The first-order valence-electron chi connectivity index (χ1n) is 8.71. The molecule has 0 bridgehead atoms. The van der Waals surface area contributed by atoms with Crippen LogP contribution in [0.3, 0.4) is 0 Å². The van der Waals surface area contributed by atoms with Crippen LogP contribution in [-0.4, -0.2) is 40.3 Å². The summed E-state index contributed by atoms with van der Waals surface area (Å²) in [5.74, 6) is 2.34. The maximum atomic E-state index is 12.3. The van der Waals surface area contributed by atoms with E-state index in [4.69, 9.17) is 14.2 Å². The van der Waals surface area contributed by atoms with Crippen molar-refractivity contribution >= 4 is 29.9 Å². The zero-order valence-electron chi connectivity index (χ0n) is 16.6. The van der Waals surface area contributed by atoms with Gasteiger partial charge in [-0.15, -0.1) is 24.0 Å². The highest BCUT2D eigenvalue weighted by Crippen LogP contribution is 2.27. The first-order chi connectivity index (χ1) is 13.5. The molecule has 0 amide bonds. The van der Waals surface area contributed by atoms with Crippen molar-refractivity contribution in [2.45, 2.75) is 19.5 Å². The highest BCUT2D eigenvalue weighted by atomic mass is 127. The van der Waals surface area contributed by atoms with Gasteiger partial charge in [-0.1, -0.05) is 18.2 Å². The zero-order valence-corrected chi connectivity index (χ0v) is 18.9. The molecule has 2 N–H and O–H groups in total. The molecule has 0 aliphatic carbocycles. The number of nitrogens with one attached hydrogen (secondary N) is 2. The smallest absolute Gasteiger partial charge is 0.272 e. The number of methoxy groups -OCH3 is 2. The zero-order chi connectivity index (χ0) is 20.4. The molecule has 0 spiro atoms. The van der Waals surface area contributed by atoms with Crippen molar-refractivity contribution in [2.75, 3.05) is 27.9 Å². The number of aliphatic imine (C=N–C) groups is 1. The fraction of sp³-hybridized carbons (Fsp3) is 0.350. The van der Waals surface area contributed by atoms with Gasteiger partial charge in [0.1, 0.15) is 12.4 Å². The minimum atomic E-state index is -2.50. The molecule has 0 saturated heterocycles. The summed E-state index contributed by atoms with van der Waals surface area (Å²) >= 11 is 0. The maximum absolute atomic E-state index is 12.3. The monoisotopic (exact) mass is 521 g/mol. The lowest BCUT2D eigenvalue weighted by Crippen LogP contribution is -2.36. The predicted octanol–water partition coefficient (Wildman–Crippen LogP) is 3.83. The van der Waals surface area contributed by atoms with E-state index >= 15 is 0 Å². The van der Waals surface area contributed by atoms with Crippen molar-refractivity contribution < 1.29 is 23.0 Å². The van der Waals surface area contributed by atoms with E-state index in [1.54, 1.807) is 39.5 Å². The van der Waals surface area contributed by atoms with E-state index in [1.807, 2.05) is 24.3 Å². The van der Waals surface area contributed by atoms with Crippen LogP contribution >= 0.6 is 24.0 Å². The topological polar surface area (TPSA) is 64.1 Å². The highest BCUT2D eigenvalue weighted by molar-refractivity contribution is 14.0. The number of rotatable bonds is 9. The summed E-state index contributed by atoms with van der Waals surface area (Å²) in [6, 6.07) is 12.7. The molecule has 0 unspecified atom stereocenters. The van der Waals surface area contributed by atoms with Gasteiger partial charge in [0.25, 0.3) is 6.43 Å². The van der Waals surface area contributed by atoms with E-state index in [-0.39, 0.29) is 24.0 Å². The van der Waals surface area contributed by atoms with Gasteiger partial charge in [0.15, 0.2) is 17.5 Å². The molecular formula is C20H26F2IN3O3. The molecule has 0 heterocycles. The fourth-order valence-electron chi connectivity index (χ4n) is 2.49. The molecular weight excluding hydrogens is 495 g/mol. The molecule has 160 valence electrons. The van der Waals surface area contributed by atoms with Crippen molar-refractivity contribution in [2.24, 2.45) is 4.99 Å². The molecule has 2 aromatic carbocycles. The Morgan fingerprint density at radius 3 is 2.21 bits per heavy atom. The second-order valence-electron chi connectivity index (χ2n) is 5.82. The summed E-state index contributed by atoms with van der Waals surface area (Å²) in [4.78, 5) is 4.18. The third-order valence-electron chi connectivity index (χ3n) is 3.87. The summed E-state index contributed by atoms with van der Waals surface area (Å²) in [6.07, 6.45) is -2.50. The van der Waals surface area contributed by atoms with E-state index in [0.717, 1.165) is 11.1 Å². The van der Waals surface area contributed by atoms with Gasteiger partial charge in [0.05, 0.1) is 14.2 Å². The Morgan fingerprint density at radius 2 is 1.62 bits per heavy atom. The summed E-state index contributed by atoms with van der Waals surface area (Å²) < 4.78 is 40.1. The number of alkyl halides is 2. The number of halogens is 3. The molecule has 0 fully saturated rings. The van der Waals surface area contributed by atoms with E-state index in [9.17, 15) is 8.78 Å². The van der Waals surface area contributed by atoms with E-state index < -0.39 is 13.0 Å². The quantitative estimate of drug-likeness (QED) is 0.299. The van der Waals surface area contributed by atoms with Gasteiger partial charge < -0.3 is 24.8 Å². The Balaban J connectivity index is 0.00000420. The van der Waals surface area contributed by atoms with E-state index in [1.165, 1.54) is 0 Å². The van der Waals surface area contributed by atoms with Gasteiger partial charge in [0.2, 0.25) is 0 Å². The molecule has 0 radical (unpaired) electrons. The molecule has 2 aromatic rings. The Morgan fingerprint density at radius 1 is 0.966 bits per heavy atom. The summed E-state index contributed by atoms with van der Waals surface area (Å²) in [5.41, 5.74) is 1.89. The molecule has 2 rings (SSSR count). The normalized spacial score (nSPS) is 10.9. The predicted molar refractivity (Wildman–Crippen MR) is 120 cm³/mol. The van der Waals surface area contributed by atoms with Crippen LogP contribution in [0.25, 0.3) is 0 Å². The van der Waals surface area contributed by atoms with Crippen LogP contribution in [0.5, 0.6) is 17.2 Å². The molecule has 29 heavy (non-hydrogen) atoms. The van der Waals surface area contributed by atoms with Crippen LogP contribution < -0.4 is 24.8 Å². The Kier molecular flexibility index (Phi) is 11.1. The van der Waals surface area contributed by atoms with Crippen molar-refractivity contribution in [1.29, 1.82) is 0 Å². The van der Waals surface area contributed by atoms with Gasteiger partial charge >= 0.3 is 0 Å². The largest absolute Gasteiger partial charge is 0.493 e. The van der Waals surface area contributed by atoms with Gasteiger partial charge in [-0.2, -0.15) is 0 Å². The lowest BCUT2D eigenvalue weighted by atomic mass is 10.2. The van der Waals surface area contributed by atoms with Gasteiger partial charge in [0, 0.05) is 20.1 Å². The van der Waals surface area contributed by atoms with E-state index in [2.05, 4.69) is 15.6 Å². The van der Waals surface area contributed by atoms with Crippen LogP contribution in [0.2, 0.25) is 0 Å². The minimum absolute atomic E-state index is 0. The van der Waals surface area contributed by atoms with Crippen LogP contribution in [-0.2, 0) is 13.1 Å². The summed E-state index contributed by atoms with van der Waals surface area (Å²) in [5, 5.41) is 6.39. The third-order valence-corrected chi connectivity index (χ3v) is 3.87. The lowest BCUT2D eigenvalue weighted by molar-refractivity contribution is 0.0818. The number of benzene rings is 2. The van der Waals surface area contributed by atoms with E-state index in [0.29, 0.717) is 36.3 Å². The number of hydrogen-bond acceptors (Lipinski definition) is 4. The van der Waals surface area contributed by atoms with Crippen molar-refractivity contribution in [3.05, 3.63) is 53.6 Å². The van der Waals surface area contributed by atoms with Crippen LogP contribution in [0.4, 0.5) is 8.78 Å². The molecule has 0 saturated carbocycles. The van der Waals surface area contributed by atoms with Gasteiger partial charge in [-0.25, -0.2) is 8.78 Å². The number of nitrogens with zero attached hydrogens (tertiary/aromatic N) is 1. The van der Waals surface area contributed by atoms with Gasteiger partial charge in [-0.3, -0.25) is 4.99 Å². The first kappa shape index (κ1) is 24.7. The van der Waals surface area contributed by atoms with Crippen LogP contribution in [0.15, 0.2) is 47.5 Å². The fourth-order valence-corrected chi connectivity index (χ4v) is 2.49. The Bertz CT molecular complexity index is 791. The molecule has 0 aliphatic rings. The summed E-state index contributed by atoms with van der Waals surface area (Å²) in [7, 11) is 4.86. The molecule has 9 heteroatoms.